The van der Waals surface area contributed by atoms with E-state index in [1.54, 1.807) is 0 Å². The van der Waals surface area contributed by atoms with E-state index in [2.05, 4.69) is 50.9 Å². The number of hydrogen-bond donors (Lipinski definition) is 1. The second kappa shape index (κ2) is 4.93. The summed E-state index contributed by atoms with van der Waals surface area (Å²) in [6.07, 6.45) is 2.94. The number of hydrogen-bond acceptors (Lipinski definition) is 4. The Bertz CT molecular complexity index is 650. The molecular formula is C16H21N5. The van der Waals surface area contributed by atoms with Crippen LogP contribution in [0.2, 0.25) is 0 Å². The quantitative estimate of drug-likeness (QED) is 0.865. The number of benzene rings is 1. The molecule has 1 aromatic heterocycles. The van der Waals surface area contributed by atoms with Crippen LogP contribution in [0.1, 0.15) is 42.3 Å². The highest BCUT2D eigenvalue weighted by atomic mass is 15.3. The molecule has 2 aliphatic rings. The third-order valence-electron chi connectivity index (χ3n) is 5.03. The van der Waals surface area contributed by atoms with Gasteiger partial charge in [0.2, 0.25) is 0 Å². The molecule has 3 unspecified atom stereocenters. The summed E-state index contributed by atoms with van der Waals surface area (Å²) in [6, 6.07) is 9.11. The van der Waals surface area contributed by atoms with Gasteiger partial charge in [0.25, 0.3) is 0 Å². The van der Waals surface area contributed by atoms with Crippen LogP contribution in [0.4, 0.5) is 0 Å². The van der Waals surface area contributed by atoms with Crippen LogP contribution < -0.4 is 5.73 Å². The number of rotatable bonds is 1. The summed E-state index contributed by atoms with van der Waals surface area (Å²) in [5, 5.41) is 8.23. The largest absolute Gasteiger partial charge is 0.323 e. The van der Waals surface area contributed by atoms with Gasteiger partial charge in [0.1, 0.15) is 12.2 Å². The molecule has 0 radical (unpaired) electrons. The van der Waals surface area contributed by atoms with Crippen molar-refractivity contribution in [1.29, 1.82) is 0 Å². The molecule has 5 heteroatoms. The zero-order chi connectivity index (χ0) is 14.4. The van der Waals surface area contributed by atoms with Gasteiger partial charge in [-0.1, -0.05) is 31.2 Å². The van der Waals surface area contributed by atoms with Gasteiger partial charge in [0, 0.05) is 25.2 Å². The maximum Gasteiger partial charge on any atom is 0.147 e. The van der Waals surface area contributed by atoms with E-state index >= 15 is 0 Å². The average Bonchev–Trinajstić information content (AvgIpc) is 2.98. The Labute approximate surface area is 124 Å². The first-order valence-corrected chi connectivity index (χ1v) is 7.69. The monoisotopic (exact) mass is 283 g/mol. The Balaban J connectivity index is 1.63. The van der Waals surface area contributed by atoms with E-state index in [9.17, 15) is 0 Å². The molecule has 1 aliphatic carbocycles. The molecule has 0 fully saturated rings. The first kappa shape index (κ1) is 13.0. The van der Waals surface area contributed by atoms with E-state index in [0.717, 1.165) is 31.9 Å². The van der Waals surface area contributed by atoms with Crippen molar-refractivity contribution < 1.29 is 0 Å². The molecule has 0 saturated heterocycles. The highest BCUT2D eigenvalue weighted by Crippen LogP contribution is 2.39. The Kier molecular flexibility index (Phi) is 3.05. The zero-order valence-corrected chi connectivity index (χ0v) is 12.3. The summed E-state index contributed by atoms with van der Waals surface area (Å²) >= 11 is 0. The molecule has 0 amide bonds. The smallest absolute Gasteiger partial charge is 0.147 e. The minimum atomic E-state index is 0.0897. The van der Waals surface area contributed by atoms with Crippen molar-refractivity contribution in [2.75, 3.05) is 6.54 Å². The molecule has 1 aliphatic heterocycles. The fourth-order valence-corrected chi connectivity index (χ4v) is 3.85. The Morgan fingerprint density at radius 3 is 2.86 bits per heavy atom. The van der Waals surface area contributed by atoms with Crippen molar-refractivity contribution >= 4 is 0 Å². The lowest BCUT2D eigenvalue weighted by atomic mass is 9.77. The lowest BCUT2D eigenvalue weighted by Gasteiger charge is -2.43. The standard InChI is InChI=1S/C16H21N5/c1-11-8-14(16(17)13-5-3-2-4-12(11)13)20-6-7-21-10-18-19-15(21)9-20/h2-5,10-11,14,16H,6-9,17H2,1H3. The fraction of sp³-hybridized carbons (Fsp3) is 0.500. The van der Waals surface area contributed by atoms with Crippen molar-refractivity contribution in [1.82, 2.24) is 19.7 Å². The summed E-state index contributed by atoms with van der Waals surface area (Å²) in [4.78, 5) is 2.49. The Morgan fingerprint density at radius 1 is 1.19 bits per heavy atom. The molecule has 0 spiro atoms. The van der Waals surface area contributed by atoms with E-state index < -0.39 is 0 Å². The summed E-state index contributed by atoms with van der Waals surface area (Å²) in [5.41, 5.74) is 9.33. The van der Waals surface area contributed by atoms with E-state index in [1.165, 1.54) is 11.1 Å². The van der Waals surface area contributed by atoms with E-state index in [1.807, 2.05) is 6.33 Å². The molecular weight excluding hydrogens is 262 g/mol. The lowest BCUT2D eigenvalue weighted by molar-refractivity contribution is 0.113. The van der Waals surface area contributed by atoms with Crippen LogP contribution in [-0.2, 0) is 13.1 Å². The molecule has 3 atom stereocenters. The summed E-state index contributed by atoms with van der Waals surface area (Å²) in [5.74, 6) is 1.62. The van der Waals surface area contributed by atoms with Gasteiger partial charge in [-0.15, -0.1) is 10.2 Å². The first-order valence-electron chi connectivity index (χ1n) is 7.69. The highest BCUT2D eigenvalue weighted by Gasteiger charge is 2.35. The van der Waals surface area contributed by atoms with Crippen LogP contribution >= 0.6 is 0 Å². The molecule has 110 valence electrons. The number of nitrogens with two attached hydrogens (primary N) is 1. The third kappa shape index (κ3) is 2.08. The van der Waals surface area contributed by atoms with Crippen LogP contribution in [0.3, 0.4) is 0 Å². The van der Waals surface area contributed by atoms with Gasteiger partial charge >= 0.3 is 0 Å². The van der Waals surface area contributed by atoms with E-state index in [4.69, 9.17) is 5.73 Å². The maximum absolute atomic E-state index is 6.59. The van der Waals surface area contributed by atoms with Crippen LogP contribution in [0.25, 0.3) is 0 Å². The van der Waals surface area contributed by atoms with Crippen LogP contribution in [0.15, 0.2) is 30.6 Å². The van der Waals surface area contributed by atoms with Gasteiger partial charge in [-0.2, -0.15) is 0 Å². The predicted octanol–water partition coefficient (Wildman–Crippen LogP) is 1.67. The second-order valence-corrected chi connectivity index (χ2v) is 6.27. The van der Waals surface area contributed by atoms with Crippen molar-refractivity contribution in [3.63, 3.8) is 0 Å². The van der Waals surface area contributed by atoms with E-state index in [0.29, 0.717) is 12.0 Å². The number of nitrogens with zero attached hydrogens (tertiary/aromatic N) is 4. The first-order chi connectivity index (χ1) is 10.2. The highest BCUT2D eigenvalue weighted by molar-refractivity contribution is 5.36. The number of fused-ring (bicyclic) bond motifs is 2. The maximum atomic E-state index is 6.59. The molecule has 1 aromatic carbocycles. The topological polar surface area (TPSA) is 60.0 Å². The zero-order valence-electron chi connectivity index (χ0n) is 12.3. The van der Waals surface area contributed by atoms with Crippen LogP contribution in [0, 0.1) is 0 Å². The summed E-state index contributed by atoms with van der Waals surface area (Å²) in [6.45, 7) is 5.15. The molecule has 2 N–H and O–H groups in total. The van der Waals surface area contributed by atoms with Crippen molar-refractivity contribution in [2.45, 2.75) is 44.4 Å². The van der Waals surface area contributed by atoms with Gasteiger partial charge in [-0.25, -0.2) is 0 Å². The van der Waals surface area contributed by atoms with Crippen LogP contribution in [0.5, 0.6) is 0 Å². The molecule has 5 nitrogen and oxygen atoms in total. The molecule has 0 saturated carbocycles. The Morgan fingerprint density at radius 2 is 2.00 bits per heavy atom. The van der Waals surface area contributed by atoms with Crippen molar-refractivity contribution in [2.24, 2.45) is 5.73 Å². The summed E-state index contributed by atoms with van der Waals surface area (Å²) in [7, 11) is 0. The van der Waals surface area contributed by atoms with Crippen molar-refractivity contribution in [3.8, 4) is 0 Å². The van der Waals surface area contributed by atoms with Gasteiger partial charge in [-0.3, -0.25) is 4.90 Å². The van der Waals surface area contributed by atoms with Gasteiger partial charge in [-0.05, 0) is 23.5 Å². The normalized spacial score (nSPS) is 29.0. The average molecular weight is 283 g/mol. The molecule has 0 bridgehead atoms. The Hall–Kier alpha value is -1.72. The SMILES string of the molecule is CC1CC(N2CCn3cnnc3C2)C(N)c2ccccc21. The van der Waals surface area contributed by atoms with Gasteiger partial charge < -0.3 is 10.3 Å². The van der Waals surface area contributed by atoms with E-state index in [-0.39, 0.29) is 6.04 Å². The molecule has 4 rings (SSSR count). The third-order valence-corrected chi connectivity index (χ3v) is 5.03. The minimum Gasteiger partial charge on any atom is -0.323 e. The minimum absolute atomic E-state index is 0.0897. The molecule has 2 aromatic rings. The fourth-order valence-electron chi connectivity index (χ4n) is 3.85. The second-order valence-electron chi connectivity index (χ2n) is 6.27. The van der Waals surface area contributed by atoms with Gasteiger partial charge in [0.15, 0.2) is 0 Å². The predicted molar refractivity (Wildman–Crippen MR) is 80.6 cm³/mol. The van der Waals surface area contributed by atoms with Crippen LogP contribution in [-0.4, -0.2) is 32.3 Å². The molecule has 2 heterocycles. The number of aromatic nitrogens is 3. The van der Waals surface area contributed by atoms with Crippen molar-refractivity contribution in [3.05, 3.63) is 47.5 Å². The lowest BCUT2D eigenvalue weighted by Crippen LogP contribution is -2.48. The summed E-state index contributed by atoms with van der Waals surface area (Å²) < 4.78 is 2.14. The van der Waals surface area contributed by atoms with Gasteiger partial charge in [0.05, 0.1) is 6.54 Å². The molecule has 21 heavy (non-hydrogen) atoms.